The van der Waals surface area contributed by atoms with Crippen LogP contribution in [0.4, 0.5) is 17.6 Å². The van der Waals surface area contributed by atoms with Gasteiger partial charge in [-0.3, -0.25) is 9.59 Å². The fourth-order valence-electron chi connectivity index (χ4n) is 5.19. The number of alkyl halides is 3. The van der Waals surface area contributed by atoms with Gasteiger partial charge >= 0.3 is 6.18 Å². The molecule has 3 aromatic carbocycles. The number of likely N-dealkylation sites (N-methyl/N-ethyl adjacent to an activating group) is 1. The van der Waals surface area contributed by atoms with Crippen LogP contribution in [0, 0.1) is 12.7 Å². The molecule has 1 aromatic heterocycles. The van der Waals surface area contributed by atoms with Gasteiger partial charge in [0, 0.05) is 42.0 Å². The lowest BCUT2D eigenvalue weighted by Gasteiger charge is -2.28. The van der Waals surface area contributed by atoms with Crippen LogP contribution >= 0.6 is 11.8 Å². The molecule has 1 heterocycles. The fourth-order valence-corrected chi connectivity index (χ4v) is 5.94. The maximum atomic E-state index is 14.7. The van der Waals surface area contributed by atoms with E-state index in [1.54, 1.807) is 13.8 Å². The monoisotopic (exact) mass is 689 g/mol. The van der Waals surface area contributed by atoms with E-state index in [0.717, 1.165) is 41.3 Å². The van der Waals surface area contributed by atoms with Crippen molar-refractivity contribution >= 4 is 17.7 Å². The minimum Gasteiger partial charge on any atom is -0.336 e. The van der Waals surface area contributed by atoms with Crippen molar-refractivity contribution in [2.45, 2.75) is 70.2 Å². The van der Waals surface area contributed by atoms with Gasteiger partial charge in [-0.25, -0.2) is 4.39 Å². The second-order valence-electron chi connectivity index (χ2n) is 11.1. The Hall–Kier alpha value is -3.96. The van der Waals surface area contributed by atoms with Gasteiger partial charge in [-0.2, -0.15) is 18.2 Å². The highest BCUT2D eigenvalue weighted by Gasteiger charge is 2.30. The molecule has 0 bridgehead atoms. The van der Waals surface area contributed by atoms with Crippen LogP contribution in [0.3, 0.4) is 0 Å². The number of carbonyl (C=O) groups excluding carboxylic acids is 1. The first-order valence-corrected chi connectivity index (χ1v) is 16.2. The molecule has 1 aliphatic rings. The Morgan fingerprint density at radius 1 is 1.02 bits per heavy atom. The molecule has 0 spiro atoms. The van der Waals surface area contributed by atoms with Crippen molar-refractivity contribution in [3.63, 3.8) is 0 Å². The summed E-state index contributed by atoms with van der Waals surface area (Å²) in [6.07, 6.45) is -3.55. The second kappa shape index (κ2) is 15.5. The number of thioether (sulfide) groups is 1. The van der Waals surface area contributed by atoms with Crippen molar-refractivity contribution in [3.8, 4) is 11.1 Å². The molecular weight excluding hydrogens is 640 g/mol. The average molecular weight is 690 g/mol. The summed E-state index contributed by atoms with van der Waals surface area (Å²) >= 11 is 0.479. The minimum absolute atomic E-state index is 0.00226. The summed E-state index contributed by atoms with van der Waals surface area (Å²) in [5, 5.41) is -0.240. The topological polar surface area (TPSA) is 58.4 Å². The van der Waals surface area contributed by atoms with Crippen LogP contribution in [0.5, 0.6) is 0 Å². The molecule has 0 fully saturated rings. The van der Waals surface area contributed by atoms with Crippen LogP contribution in [0.1, 0.15) is 66.1 Å². The normalized spacial score (nSPS) is 16.5. The Balaban J connectivity index is 1.64. The lowest BCUT2D eigenvalue weighted by Crippen LogP contribution is -2.40. The molecule has 6 nitrogen and oxygen atoms in total. The molecule has 0 aliphatic heterocycles. The van der Waals surface area contributed by atoms with E-state index in [2.05, 4.69) is 4.98 Å². The number of carbonyl (C=O) groups is 1. The number of hydrogen-bond acceptors (Lipinski definition) is 5. The van der Waals surface area contributed by atoms with Crippen LogP contribution in [-0.4, -0.2) is 51.3 Å². The highest BCUT2D eigenvalue weighted by Crippen LogP contribution is 2.32. The van der Waals surface area contributed by atoms with Gasteiger partial charge < -0.3 is 14.4 Å². The third-order valence-electron chi connectivity index (χ3n) is 7.93. The lowest BCUT2D eigenvalue weighted by molar-refractivity contribution is -0.137. The van der Waals surface area contributed by atoms with Gasteiger partial charge in [0.15, 0.2) is 5.16 Å². The molecular formula is C37H40F4N4O2S. The Morgan fingerprint density at radius 3 is 2.40 bits per heavy atom. The molecule has 0 atom stereocenters. The molecule has 254 valence electrons. The molecule has 48 heavy (non-hydrogen) atoms. The number of amides is 1. The predicted octanol–water partition coefficient (Wildman–Crippen LogP) is 7.53. The minimum atomic E-state index is -4.64. The van der Waals surface area contributed by atoms with E-state index in [9.17, 15) is 29.9 Å². The van der Waals surface area contributed by atoms with E-state index in [1.165, 1.54) is 23.6 Å². The Labute approximate surface area is 295 Å². The van der Waals surface area contributed by atoms with Gasteiger partial charge in [-0.15, -0.1) is 0 Å². The van der Waals surface area contributed by atoms with Crippen LogP contribution in [0.25, 0.3) is 11.1 Å². The van der Waals surface area contributed by atoms with Crippen molar-refractivity contribution in [3.05, 3.63) is 116 Å². The third kappa shape index (κ3) is 8.54. The van der Waals surface area contributed by atoms with E-state index in [4.69, 9.17) is 9.60 Å². The maximum Gasteiger partial charge on any atom is 0.416 e. The summed E-state index contributed by atoms with van der Waals surface area (Å²) in [4.78, 5) is 33.7. The smallest absolute Gasteiger partial charge is 0.336 e. The van der Waals surface area contributed by atoms with Crippen molar-refractivity contribution in [2.24, 2.45) is 0 Å². The number of rotatable bonds is 13. The average Bonchev–Trinajstić information content (AvgIpc) is 3.64. The zero-order valence-electron chi connectivity index (χ0n) is 35.6. The summed E-state index contributed by atoms with van der Waals surface area (Å²) in [5.74, 6) is -1.67. The third-order valence-corrected chi connectivity index (χ3v) is 8.76. The van der Waals surface area contributed by atoms with Crippen molar-refractivity contribution < 1.29 is 34.7 Å². The van der Waals surface area contributed by atoms with Crippen molar-refractivity contribution in [2.75, 3.05) is 26.1 Å². The van der Waals surface area contributed by atoms with Gasteiger partial charge in [0.2, 0.25) is 5.91 Å². The molecule has 4 aromatic rings. The van der Waals surface area contributed by atoms with Gasteiger partial charge in [0.25, 0.3) is 5.56 Å². The number of hydrogen-bond donors (Lipinski definition) is 0. The van der Waals surface area contributed by atoms with E-state index in [0.29, 0.717) is 35.2 Å². The van der Waals surface area contributed by atoms with E-state index in [-0.39, 0.29) is 64.1 Å². The lowest BCUT2D eigenvalue weighted by atomic mass is 9.98. The number of aromatic nitrogens is 2. The fraction of sp³-hybridized carbons (Fsp3) is 0.378. The standard InChI is InChI=1S/C37H40F4N4O2S/c1-4-43(5-2)19-20-44(22-29-12-11-28(21-25(29)3)27-13-15-30(16-14-27)37(39,40)41)34(46)23-45-33-8-6-7-32(33)35(47)42-36(45)48-24-26-9-17-31(38)18-10-26/h9-18,21H,4-8,19-20,22-24H2,1-3H3/i11D,12D,19D2,20D2,21D,24D2. The Kier molecular flexibility index (Phi) is 8.10. The summed E-state index contributed by atoms with van der Waals surface area (Å²) in [7, 11) is 0. The first-order valence-electron chi connectivity index (χ1n) is 19.9. The Morgan fingerprint density at radius 2 is 1.73 bits per heavy atom. The highest BCUT2D eigenvalue weighted by molar-refractivity contribution is 7.98. The molecule has 0 radical (unpaired) electrons. The van der Waals surface area contributed by atoms with Crippen LogP contribution in [-0.2, 0) is 42.6 Å². The van der Waals surface area contributed by atoms with Crippen LogP contribution < -0.4 is 5.56 Å². The molecule has 0 unspecified atom stereocenters. The van der Waals surface area contributed by atoms with Crippen LogP contribution in [0.2, 0.25) is 0 Å². The van der Waals surface area contributed by atoms with Crippen molar-refractivity contribution in [1.82, 2.24) is 19.4 Å². The highest BCUT2D eigenvalue weighted by atomic mass is 32.2. The molecule has 0 N–H and O–H groups in total. The number of halogens is 4. The second-order valence-corrected chi connectivity index (χ2v) is 11.9. The maximum absolute atomic E-state index is 14.7. The van der Waals surface area contributed by atoms with E-state index in [1.807, 2.05) is 0 Å². The molecule has 0 saturated heterocycles. The zero-order valence-corrected chi connectivity index (χ0v) is 27.4. The summed E-state index contributed by atoms with van der Waals surface area (Å²) in [6, 6.07) is 6.77. The predicted molar refractivity (Wildman–Crippen MR) is 181 cm³/mol. The first-order chi connectivity index (χ1) is 26.5. The largest absolute Gasteiger partial charge is 0.416 e. The quantitative estimate of drug-likeness (QED) is 0.0826. The first kappa shape index (κ1) is 25.1. The van der Waals surface area contributed by atoms with Gasteiger partial charge in [-0.05, 0) is 91.4 Å². The number of benzene rings is 3. The zero-order chi connectivity index (χ0) is 42.4. The van der Waals surface area contributed by atoms with E-state index < -0.39 is 72.9 Å². The summed E-state index contributed by atoms with van der Waals surface area (Å²) in [5.41, 5.74) is -3.54. The summed E-state index contributed by atoms with van der Waals surface area (Å²) in [6.45, 7) is -2.98. The van der Waals surface area contributed by atoms with Crippen LogP contribution in [0.15, 0.2) is 76.6 Å². The van der Waals surface area contributed by atoms with E-state index >= 15 is 0 Å². The van der Waals surface area contributed by atoms with Crippen molar-refractivity contribution in [1.29, 1.82) is 0 Å². The SMILES string of the molecule is [2H]c1c([2H])c(-c2ccc(C(F)(F)F)cc2)c([2H])c(C)c1CN(C(=O)Cn1c(SC([2H])([2H])c2ccc(F)cc2)nc(=O)c2c1CCC2)C([2H])([2H])C([2H])([2H])N(CC)CC. The number of fused-ring (bicyclic) bond motifs is 1. The van der Waals surface area contributed by atoms with Gasteiger partial charge in [0.05, 0.1) is 12.4 Å². The van der Waals surface area contributed by atoms with Gasteiger partial charge in [-0.1, -0.05) is 68.0 Å². The molecule has 1 amide bonds. The number of nitrogens with zero attached hydrogens (tertiary/aromatic N) is 4. The molecule has 0 saturated carbocycles. The Bertz CT molecular complexity index is 2190. The summed E-state index contributed by atoms with van der Waals surface area (Å²) < 4.78 is 135. The van der Waals surface area contributed by atoms with Gasteiger partial charge in [0.1, 0.15) is 12.4 Å². The molecule has 1 aliphatic carbocycles. The molecule has 5 rings (SSSR count). The molecule has 11 heteroatoms.